The molecule has 0 aliphatic rings. The fourth-order valence-corrected chi connectivity index (χ4v) is 3.98. The number of benzene rings is 2. The minimum atomic E-state index is 0.808. The molecule has 5 rings (SSSR count). The molecule has 0 saturated carbocycles. The van der Waals surface area contributed by atoms with Gasteiger partial charge < -0.3 is 0 Å². The first-order valence-corrected chi connectivity index (χ1v) is 8.20. The van der Waals surface area contributed by atoms with Crippen molar-refractivity contribution in [3.8, 4) is 11.4 Å². The van der Waals surface area contributed by atoms with E-state index in [9.17, 15) is 0 Å². The number of aromatic nitrogens is 3. The van der Waals surface area contributed by atoms with Crippen LogP contribution in [0.25, 0.3) is 42.5 Å². The maximum Gasteiger partial charge on any atom is 0.112 e. The van der Waals surface area contributed by atoms with E-state index in [0.717, 1.165) is 22.3 Å². The van der Waals surface area contributed by atoms with Gasteiger partial charge in [-0.2, -0.15) is 0 Å². The normalized spacial score (nSPS) is 11.5. The summed E-state index contributed by atoms with van der Waals surface area (Å²) in [5.41, 5.74) is 2.57. The van der Waals surface area contributed by atoms with E-state index < -0.39 is 0 Å². The highest BCUT2D eigenvalue weighted by atomic mass is 32.1. The lowest BCUT2D eigenvalue weighted by Crippen LogP contribution is -1.90. The standard InChI is InChI=1S/C19H11N3S/c1-3-7-15-12(5-1)9-17(22-21-15)16-10-19-14(11-20-16)13-6-2-4-8-18(13)23-19/h1-11H. The van der Waals surface area contributed by atoms with Crippen LogP contribution in [0.15, 0.2) is 66.9 Å². The molecule has 108 valence electrons. The average molecular weight is 313 g/mol. The Labute approximate surface area is 136 Å². The first kappa shape index (κ1) is 12.7. The molecule has 23 heavy (non-hydrogen) atoms. The van der Waals surface area contributed by atoms with Gasteiger partial charge >= 0.3 is 0 Å². The molecule has 0 bridgehead atoms. The molecule has 0 aliphatic heterocycles. The fraction of sp³-hybridized carbons (Fsp3) is 0. The van der Waals surface area contributed by atoms with E-state index >= 15 is 0 Å². The molecule has 0 amide bonds. The summed E-state index contributed by atoms with van der Waals surface area (Å²) in [6, 6.07) is 20.6. The summed E-state index contributed by atoms with van der Waals surface area (Å²) in [6.45, 7) is 0. The summed E-state index contributed by atoms with van der Waals surface area (Å²) in [7, 11) is 0. The number of fused-ring (bicyclic) bond motifs is 4. The molecule has 0 unspecified atom stereocenters. The van der Waals surface area contributed by atoms with Gasteiger partial charge in [0.25, 0.3) is 0 Å². The maximum absolute atomic E-state index is 4.61. The average Bonchev–Trinajstić information content (AvgIpc) is 2.99. The lowest BCUT2D eigenvalue weighted by atomic mass is 10.1. The van der Waals surface area contributed by atoms with Gasteiger partial charge in [-0.3, -0.25) is 4.98 Å². The molecule has 5 aromatic rings. The molecule has 3 aromatic heterocycles. The second-order valence-corrected chi connectivity index (χ2v) is 6.54. The van der Waals surface area contributed by atoms with Crippen molar-refractivity contribution in [1.29, 1.82) is 0 Å². The fourth-order valence-electron chi connectivity index (χ4n) is 2.87. The predicted molar refractivity (Wildman–Crippen MR) is 95.7 cm³/mol. The van der Waals surface area contributed by atoms with Crippen molar-refractivity contribution >= 4 is 42.4 Å². The van der Waals surface area contributed by atoms with Crippen molar-refractivity contribution < 1.29 is 0 Å². The Bertz CT molecular complexity index is 1180. The smallest absolute Gasteiger partial charge is 0.112 e. The third-order valence-corrected chi connectivity index (χ3v) is 5.15. The Morgan fingerprint density at radius 2 is 1.57 bits per heavy atom. The molecule has 4 heteroatoms. The third kappa shape index (κ3) is 1.99. The minimum absolute atomic E-state index is 0.808. The summed E-state index contributed by atoms with van der Waals surface area (Å²) < 4.78 is 2.51. The Balaban J connectivity index is 1.73. The van der Waals surface area contributed by atoms with Crippen LogP contribution >= 0.6 is 11.3 Å². The molecule has 3 heterocycles. The second-order valence-electron chi connectivity index (χ2n) is 5.45. The van der Waals surface area contributed by atoms with Gasteiger partial charge in [-0.15, -0.1) is 21.5 Å². The van der Waals surface area contributed by atoms with Gasteiger partial charge in [0.05, 0.1) is 11.2 Å². The van der Waals surface area contributed by atoms with E-state index in [4.69, 9.17) is 0 Å². The summed E-state index contributed by atoms with van der Waals surface area (Å²) in [4.78, 5) is 4.61. The molecular weight excluding hydrogens is 302 g/mol. The highest BCUT2D eigenvalue weighted by molar-refractivity contribution is 7.25. The summed E-state index contributed by atoms with van der Waals surface area (Å²) in [5, 5.41) is 12.2. The van der Waals surface area contributed by atoms with Crippen molar-refractivity contribution in [1.82, 2.24) is 15.2 Å². The largest absolute Gasteiger partial charge is 0.254 e. The Morgan fingerprint density at radius 3 is 2.57 bits per heavy atom. The van der Waals surface area contributed by atoms with Gasteiger partial charge in [0, 0.05) is 31.8 Å². The van der Waals surface area contributed by atoms with Gasteiger partial charge in [-0.1, -0.05) is 36.4 Å². The Kier molecular flexibility index (Phi) is 2.66. The first-order chi connectivity index (χ1) is 11.4. The monoisotopic (exact) mass is 313 g/mol. The van der Waals surface area contributed by atoms with Gasteiger partial charge in [0.15, 0.2) is 0 Å². The van der Waals surface area contributed by atoms with E-state index in [2.05, 4.69) is 45.5 Å². The number of rotatable bonds is 1. The Morgan fingerprint density at radius 1 is 0.696 bits per heavy atom. The zero-order chi connectivity index (χ0) is 15.2. The second kappa shape index (κ2) is 4.83. The molecule has 0 fully saturated rings. The van der Waals surface area contributed by atoms with Crippen LogP contribution in [0, 0.1) is 0 Å². The van der Waals surface area contributed by atoms with E-state index in [0.29, 0.717) is 0 Å². The SMILES string of the molecule is c1ccc2nnc(-c3cc4sc5ccccc5c4cn3)cc2c1. The molecular formula is C19H11N3S. The Hall–Kier alpha value is -2.85. The van der Waals surface area contributed by atoms with E-state index in [1.807, 2.05) is 36.5 Å². The van der Waals surface area contributed by atoms with Crippen LogP contribution in [0.4, 0.5) is 0 Å². The predicted octanol–water partition coefficient (Wildman–Crippen LogP) is 5.06. The lowest BCUT2D eigenvalue weighted by Gasteiger charge is -2.01. The molecule has 0 atom stereocenters. The topological polar surface area (TPSA) is 38.7 Å². The molecule has 0 spiro atoms. The minimum Gasteiger partial charge on any atom is -0.254 e. The number of thiophene rings is 1. The number of hydrogen-bond donors (Lipinski definition) is 0. The zero-order valence-electron chi connectivity index (χ0n) is 12.1. The summed E-state index contributed by atoms with van der Waals surface area (Å²) in [5.74, 6) is 0. The van der Waals surface area contributed by atoms with Crippen LogP contribution in [0.1, 0.15) is 0 Å². The van der Waals surface area contributed by atoms with Crippen LogP contribution in [0.2, 0.25) is 0 Å². The molecule has 0 radical (unpaired) electrons. The van der Waals surface area contributed by atoms with Crippen molar-refractivity contribution in [2.24, 2.45) is 0 Å². The third-order valence-electron chi connectivity index (χ3n) is 4.02. The number of nitrogens with zero attached hydrogens (tertiary/aromatic N) is 3. The summed E-state index contributed by atoms with van der Waals surface area (Å²) >= 11 is 1.79. The van der Waals surface area contributed by atoms with Crippen LogP contribution in [-0.4, -0.2) is 15.2 Å². The molecule has 2 aromatic carbocycles. The van der Waals surface area contributed by atoms with Crippen molar-refractivity contribution in [3.63, 3.8) is 0 Å². The van der Waals surface area contributed by atoms with Crippen molar-refractivity contribution in [3.05, 3.63) is 66.9 Å². The molecule has 0 saturated heterocycles. The van der Waals surface area contributed by atoms with E-state index in [1.165, 1.54) is 20.2 Å². The molecule has 3 nitrogen and oxygen atoms in total. The number of pyridine rings is 1. The highest BCUT2D eigenvalue weighted by Gasteiger charge is 2.09. The van der Waals surface area contributed by atoms with E-state index in [-0.39, 0.29) is 0 Å². The van der Waals surface area contributed by atoms with Gasteiger partial charge in [-0.25, -0.2) is 0 Å². The summed E-state index contributed by atoms with van der Waals surface area (Å²) in [6.07, 6.45) is 1.94. The zero-order valence-corrected chi connectivity index (χ0v) is 12.9. The van der Waals surface area contributed by atoms with Crippen LogP contribution < -0.4 is 0 Å². The van der Waals surface area contributed by atoms with Crippen LogP contribution in [0.5, 0.6) is 0 Å². The number of hydrogen-bond acceptors (Lipinski definition) is 4. The van der Waals surface area contributed by atoms with Gasteiger partial charge in [-0.05, 0) is 24.3 Å². The lowest BCUT2D eigenvalue weighted by molar-refractivity contribution is 1.07. The quantitative estimate of drug-likeness (QED) is 0.434. The maximum atomic E-state index is 4.61. The van der Waals surface area contributed by atoms with Crippen molar-refractivity contribution in [2.75, 3.05) is 0 Å². The van der Waals surface area contributed by atoms with Crippen LogP contribution in [0.3, 0.4) is 0 Å². The van der Waals surface area contributed by atoms with Gasteiger partial charge in [0.2, 0.25) is 0 Å². The first-order valence-electron chi connectivity index (χ1n) is 7.39. The van der Waals surface area contributed by atoms with E-state index in [1.54, 1.807) is 11.3 Å². The highest BCUT2D eigenvalue weighted by Crippen LogP contribution is 2.34. The van der Waals surface area contributed by atoms with Crippen molar-refractivity contribution in [2.45, 2.75) is 0 Å². The molecule has 0 N–H and O–H groups in total. The molecule has 0 aliphatic carbocycles. The van der Waals surface area contributed by atoms with Gasteiger partial charge in [0.1, 0.15) is 5.69 Å². The van der Waals surface area contributed by atoms with Crippen LogP contribution in [-0.2, 0) is 0 Å².